The number of piperidine rings is 1. The minimum Gasteiger partial charge on any atom is -0.508 e. The summed E-state index contributed by atoms with van der Waals surface area (Å²) in [6, 6.07) is 3.22. The maximum atomic E-state index is 9.84. The number of hydrogen-bond donors (Lipinski definition) is 2. The molecule has 98 valence electrons. The van der Waals surface area contributed by atoms with Crippen LogP contribution in [0.3, 0.4) is 0 Å². The Balaban J connectivity index is 1.66. The van der Waals surface area contributed by atoms with Crippen LogP contribution in [0.5, 0.6) is 5.75 Å². The van der Waals surface area contributed by atoms with Crippen LogP contribution in [0.1, 0.15) is 5.56 Å². The number of fused-ring (bicyclic) bond motifs is 1. The fourth-order valence-corrected chi connectivity index (χ4v) is 3.43. The molecule has 2 atom stereocenters. The zero-order valence-corrected chi connectivity index (χ0v) is 11.3. The van der Waals surface area contributed by atoms with Crippen molar-refractivity contribution in [2.45, 2.75) is 6.54 Å². The summed E-state index contributed by atoms with van der Waals surface area (Å²) in [5, 5.41) is 19.8. The Morgan fingerprint density at radius 1 is 1.17 bits per heavy atom. The third-order valence-corrected chi connectivity index (χ3v) is 4.90. The fraction of sp³-hybridized carbons (Fsp3) is 0.538. The molecule has 0 radical (unpaired) electrons. The highest BCUT2D eigenvalue weighted by molar-refractivity contribution is 6.42. The summed E-state index contributed by atoms with van der Waals surface area (Å²) in [6.45, 7) is 2.99. The summed E-state index contributed by atoms with van der Waals surface area (Å²) in [5.74, 6) is 1.98. The van der Waals surface area contributed by atoms with Gasteiger partial charge >= 0.3 is 0 Å². The molecule has 0 aromatic heterocycles. The quantitative estimate of drug-likeness (QED) is 0.897. The number of phenolic OH excluding ortho intramolecular Hbond substituents is 1. The number of benzene rings is 1. The molecule has 2 N–H and O–H groups in total. The Morgan fingerprint density at radius 3 is 2.39 bits per heavy atom. The third kappa shape index (κ3) is 2.10. The largest absolute Gasteiger partial charge is 0.508 e. The third-order valence-electron chi connectivity index (χ3n) is 4.17. The van der Waals surface area contributed by atoms with Gasteiger partial charge in [-0.3, -0.25) is 4.90 Å². The van der Waals surface area contributed by atoms with Gasteiger partial charge in [0.1, 0.15) is 5.75 Å². The topological polar surface area (TPSA) is 43.7 Å². The zero-order chi connectivity index (χ0) is 12.9. The van der Waals surface area contributed by atoms with Gasteiger partial charge in [0.15, 0.2) is 0 Å². The van der Waals surface area contributed by atoms with E-state index in [4.69, 9.17) is 28.3 Å². The average molecular weight is 288 g/mol. The molecule has 5 heteroatoms. The molecule has 1 heterocycles. The van der Waals surface area contributed by atoms with Gasteiger partial charge in [0, 0.05) is 37.9 Å². The second-order valence-corrected chi connectivity index (χ2v) is 6.08. The van der Waals surface area contributed by atoms with Crippen molar-refractivity contribution >= 4 is 23.2 Å². The van der Waals surface area contributed by atoms with E-state index >= 15 is 0 Å². The molecule has 1 saturated heterocycles. The lowest BCUT2D eigenvalue weighted by molar-refractivity contribution is 0.216. The predicted molar refractivity (Wildman–Crippen MR) is 71.0 cm³/mol. The van der Waals surface area contributed by atoms with Crippen molar-refractivity contribution in [3.8, 4) is 5.75 Å². The number of aliphatic hydroxyl groups is 1. The standard InChI is InChI=1S/C13H15Cl2NO2/c14-11-1-7(13(18)2-12(11)15)3-16-4-8-9(5-16)10(8)6-17/h1-2,8-10,17-18H,3-6H2. The van der Waals surface area contributed by atoms with Crippen LogP contribution in [0.4, 0.5) is 0 Å². The lowest BCUT2D eigenvalue weighted by Gasteiger charge is -2.19. The molecule has 0 amide bonds. The summed E-state index contributed by atoms with van der Waals surface area (Å²) in [5.41, 5.74) is 0.811. The molecular weight excluding hydrogens is 273 g/mol. The summed E-state index contributed by atoms with van der Waals surface area (Å²) >= 11 is 11.8. The monoisotopic (exact) mass is 287 g/mol. The van der Waals surface area contributed by atoms with Gasteiger partial charge in [0.2, 0.25) is 0 Å². The Labute approximate surface area is 116 Å². The van der Waals surface area contributed by atoms with E-state index in [1.807, 2.05) is 0 Å². The highest BCUT2D eigenvalue weighted by Crippen LogP contribution is 2.51. The van der Waals surface area contributed by atoms with E-state index in [1.54, 1.807) is 6.07 Å². The molecule has 1 aromatic carbocycles. The van der Waals surface area contributed by atoms with Crippen molar-refractivity contribution < 1.29 is 10.2 Å². The fourth-order valence-electron chi connectivity index (χ4n) is 3.08. The number of likely N-dealkylation sites (tertiary alicyclic amines) is 1. The van der Waals surface area contributed by atoms with Crippen LogP contribution in [-0.2, 0) is 6.54 Å². The van der Waals surface area contributed by atoms with Gasteiger partial charge in [0.05, 0.1) is 10.0 Å². The van der Waals surface area contributed by atoms with Gasteiger partial charge in [-0.1, -0.05) is 23.2 Å². The van der Waals surface area contributed by atoms with Crippen molar-refractivity contribution in [1.82, 2.24) is 4.90 Å². The molecule has 2 aliphatic rings. The molecule has 2 unspecified atom stereocenters. The van der Waals surface area contributed by atoms with Crippen molar-refractivity contribution in [3.05, 3.63) is 27.7 Å². The maximum absolute atomic E-state index is 9.84. The Bertz CT molecular complexity index is 468. The van der Waals surface area contributed by atoms with E-state index < -0.39 is 0 Å². The van der Waals surface area contributed by atoms with Crippen LogP contribution >= 0.6 is 23.2 Å². The molecule has 1 aliphatic heterocycles. The first-order valence-electron chi connectivity index (χ1n) is 6.10. The molecule has 3 rings (SSSR count). The van der Waals surface area contributed by atoms with Crippen molar-refractivity contribution in [3.63, 3.8) is 0 Å². The smallest absolute Gasteiger partial charge is 0.121 e. The van der Waals surface area contributed by atoms with E-state index in [0.717, 1.165) is 18.7 Å². The summed E-state index contributed by atoms with van der Waals surface area (Å²) in [6.07, 6.45) is 0. The number of hydrogen-bond acceptors (Lipinski definition) is 3. The number of aromatic hydroxyl groups is 1. The molecular formula is C13H15Cl2NO2. The van der Waals surface area contributed by atoms with Gasteiger partial charge < -0.3 is 10.2 Å². The SMILES string of the molecule is OCC1C2CN(Cc3cc(Cl)c(Cl)cc3O)CC12. The summed E-state index contributed by atoms with van der Waals surface area (Å²) < 4.78 is 0. The van der Waals surface area contributed by atoms with E-state index in [2.05, 4.69) is 4.90 Å². The average Bonchev–Trinajstić information content (AvgIpc) is 2.80. The predicted octanol–water partition coefficient (Wildman–Crippen LogP) is 2.37. The summed E-state index contributed by atoms with van der Waals surface area (Å²) in [7, 11) is 0. The van der Waals surface area contributed by atoms with Crippen molar-refractivity contribution in [2.24, 2.45) is 17.8 Å². The Hall–Kier alpha value is -0.480. The first-order chi connectivity index (χ1) is 8.60. The maximum Gasteiger partial charge on any atom is 0.121 e. The zero-order valence-electron chi connectivity index (χ0n) is 9.81. The van der Waals surface area contributed by atoms with Crippen molar-refractivity contribution in [1.29, 1.82) is 0 Å². The number of rotatable bonds is 3. The van der Waals surface area contributed by atoms with Crippen molar-refractivity contribution in [2.75, 3.05) is 19.7 Å². The molecule has 0 bridgehead atoms. The molecule has 0 spiro atoms. The van der Waals surface area contributed by atoms with Crippen LogP contribution in [0.15, 0.2) is 12.1 Å². The van der Waals surface area contributed by atoms with E-state index in [9.17, 15) is 5.11 Å². The molecule has 3 nitrogen and oxygen atoms in total. The molecule has 1 aromatic rings. The molecule has 18 heavy (non-hydrogen) atoms. The van der Waals surface area contributed by atoms with Crippen LogP contribution in [-0.4, -0.2) is 34.8 Å². The van der Waals surface area contributed by atoms with E-state index in [-0.39, 0.29) is 5.75 Å². The normalized spacial score (nSPS) is 30.5. The van der Waals surface area contributed by atoms with Gasteiger partial charge in [0.25, 0.3) is 0 Å². The molecule has 1 saturated carbocycles. The summed E-state index contributed by atoms with van der Waals surface area (Å²) in [4.78, 5) is 2.29. The highest BCUT2D eigenvalue weighted by Gasteiger charge is 2.54. The Kier molecular flexibility index (Phi) is 3.18. The van der Waals surface area contributed by atoms with Crippen LogP contribution < -0.4 is 0 Å². The van der Waals surface area contributed by atoms with E-state index in [0.29, 0.717) is 41.0 Å². The van der Waals surface area contributed by atoms with Gasteiger partial charge in [-0.25, -0.2) is 0 Å². The van der Waals surface area contributed by atoms with Crippen LogP contribution in [0.2, 0.25) is 10.0 Å². The van der Waals surface area contributed by atoms with Gasteiger partial charge in [-0.15, -0.1) is 0 Å². The molecule has 1 aliphatic carbocycles. The van der Waals surface area contributed by atoms with Gasteiger partial charge in [-0.05, 0) is 23.8 Å². The Morgan fingerprint density at radius 2 is 1.78 bits per heavy atom. The first-order valence-corrected chi connectivity index (χ1v) is 6.86. The lowest BCUT2D eigenvalue weighted by atomic mass is 10.1. The second-order valence-electron chi connectivity index (χ2n) is 5.26. The second kappa shape index (κ2) is 4.57. The minimum absolute atomic E-state index is 0.198. The number of phenols is 1. The number of aliphatic hydroxyl groups excluding tert-OH is 1. The highest BCUT2D eigenvalue weighted by atomic mass is 35.5. The minimum atomic E-state index is 0.198. The van der Waals surface area contributed by atoms with Crippen LogP contribution in [0, 0.1) is 17.8 Å². The molecule has 2 fully saturated rings. The lowest BCUT2D eigenvalue weighted by Crippen LogP contribution is -2.24. The van der Waals surface area contributed by atoms with E-state index in [1.165, 1.54) is 6.07 Å². The number of nitrogens with zero attached hydrogens (tertiary/aromatic N) is 1. The van der Waals surface area contributed by atoms with Gasteiger partial charge in [-0.2, -0.15) is 0 Å². The number of halogens is 2. The first kappa shape index (κ1) is 12.5. The van der Waals surface area contributed by atoms with Crippen LogP contribution in [0.25, 0.3) is 0 Å².